The van der Waals surface area contributed by atoms with Gasteiger partial charge in [-0.05, 0) is 38.8 Å². The molecule has 0 aromatic heterocycles. The van der Waals surface area contributed by atoms with Crippen molar-refractivity contribution < 1.29 is 50.9 Å². The number of halogens is 6. The molecule has 0 fully saturated rings. The molecule has 0 heterocycles. The molecule has 240 valence electrons. The van der Waals surface area contributed by atoms with E-state index in [9.17, 15) is 31.1 Å². The molecule has 8 nitrogen and oxygen atoms in total. The molecule has 14 heteroatoms. The van der Waals surface area contributed by atoms with E-state index < -0.39 is 24.3 Å². The van der Waals surface area contributed by atoms with Gasteiger partial charge in [-0.1, -0.05) is 89.9 Å². The Kier molecular flexibility index (Phi) is 28.7. The first kappa shape index (κ1) is 42.4. The Balaban J connectivity index is -0.000000795. The van der Waals surface area contributed by atoms with Crippen molar-refractivity contribution >= 4 is 17.8 Å². The molecule has 0 bridgehead atoms. The van der Waals surface area contributed by atoms with Crippen molar-refractivity contribution in [3.8, 4) is 0 Å². The second-order valence-corrected chi connectivity index (χ2v) is 9.52. The minimum atomic E-state index is -5.08. The normalized spacial score (nSPS) is 12.0. The number of carbonyl (C=O) groups excluding carboxylic acids is 1. The van der Waals surface area contributed by atoms with Gasteiger partial charge >= 0.3 is 24.3 Å². The lowest BCUT2D eigenvalue weighted by Crippen LogP contribution is -2.24. The molecule has 1 amide bonds. The summed E-state index contributed by atoms with van der Waals surface area (Å²) < 4.78 is 63.5. The van der Waals surface area contributed by atoms with Crippen LogP contribution in [-0.2, 0) is 14.4 Å². The fourth-order valence-corrected chi connectivity index (χ4v) is 3.63. The van der Waals surface area contributed by atoms with Crippen LogP contribution in [0, 0.1) is 5.92 Å². The molecule has 8 N–H and O–H groups in total. The van der Waals surface area contributed by atoms with E-state index in [1.165, 1.54) is 89.9 Å². The highest BCUT2D eigenvalue weighted by molar-refractivity contribution is 5.76. The molecule has 0 rings (SSSR count). The summed E-state index contributed by atoms with van der Waals surface area (Å²) in [5, 5.41) is 14.2. The zero-order valence-electron chi connectivity index (χ0n) is 23.3. The molecule has 0 aliphatic carbocycles. The van der Waals surface area contributed by atoms with Crippen LogP contribution in [0.3, 0.4) is 0 Å². The third-order valence-corrected chi connectivity index (χ3v) is 5.90. The lowest BCUT2D eigenvalue weighted by molar-refractivity contribution is -0.193. The van der Waals surface area contributed by atoms with Crippen LogP contribution < -0.4 is 17.2 Å². The highest BCUT2D eigenvalue weighted by Gasteiger charge is 2.38. The van der Waals surface area contributed by atoms with E-state index in [1.54, 1.807) is 0 Å². The predicted molar refractivity (Wildman–Crippen MR) is 141 cm³/mol. The fourth-order valence-electron chi connectivity index (χ4n) is 3.63. The predicted octanol–water partition coefficient (Wildman–Crippen LogP) is 6.29. The fraction of sp³-hybridized carbons (Fsp3) is 0.885. The number of amides is 1. The quantitative estimate of drug-likeness (QED) is 0.0764. The SMILES string of the molecule is NCCCCCCCCCCCCCCCCCC(CCCN)C(N)=O.O=C(O)C(F)(F)F.O=C(O)C(F)(F)F. The van der Waals surface area contributed by atoms with Crippen LogP contribution in [0.15, 0.2) is 0 Å². The lowest BCUT2D eigenvalue weighted by Gasteiger charge is -2.12. The summed E-state index contributed by atoms with van der Waals surface area (Å²) in [7, 11) is 0. The first-order valence-electron chi connectivity index (χ1n) is 13.9. The van der Waals surface area contributed by atoms with Crippen molar-refractivity contribution in [3.63, 3.8) is 0 Å². The third-order valence-electron chi connectivity index (χ3n) is 5.90. The molecule has 0 aromatic carbocycles. The van der Waals surface area contributed by atoms with Crippen LogP contribution in [0.2, 0.25) is 0 Å². The first-order valence-corrected chi connectivity index (χ1v) is 13.9. The lowest BCUT2D eigenvalue weighted by atomic mass is 9.95. The van der Waals surface area contributed by atoms with E-state index in [2.05, 4.69) is 0 Å². The second kappa shape index (κ2) is 27.1. The van der Waals surface area contributed by atoms with Crippen molar-refractivity contribution in [1.82, 2.24) is 0 Å². The van der Waals surface area contributed by atoms with Crippen LogP contribution >= 0.6 is 0 Å². The van der Waals surface area contributed by atoms with E-state index in [0.29, 0.717) is 6.54 Å². The number of carboxylic acid groups (broad SMARTS) is 2. The number of alkyl halides is 6. The van der Waals surface area contributed by atoms with Gasteiger partial charge in [0, 0.05) is 5.92 Å². The number of carboxylic acids is 2. The maximum Gasteiger partial charge on any atom is 0.490 e. The molecule has 1 atom stereocenters. The Labute approximate surface area is 233 Å². The Hall–Kier alpha value is -2.09. The molecular formula is C26H49F6N3O5. The average molecular weight is 598 g/mol. The van der Waals surface area contributed by atoms with E-state index in [0.717, 1.165) is 32.2 Å². The number of carbonyl (C=O) groups is 3. The van der Waals surface area contributed by atoms with Crippen molar-refractivity contribution in [1.29, 1.82) is 0 Å². The minimum absolute atomic E-state index is 0.0409. The maximum absolute atomic E-state index is 11.4. The summed E-state index contributed by atoms with van der Waals surface area (Å²) in [5.41, 5.74) is 16.5. The van der Waals surface area contributed by atoms with Gasteiger partial charge in [0.1, 0.15) is 0 Å². The number of nitrogens with two attached hydrogens (primary N) is 3. The van der Waals surface area contributed by atoms with Gasteiger partial charge in [-0.2, -0.15) is 26.3 Å². The minimum Gasteiger partial charge on any atom is -0.475 e. The number of aliphatic carboxylic acids is 2. The summed E-state index contributed by atoms with van der Waals surface area (Å²) in [5.74, 6) is -5.62. The van der Waals surface area contributed by atoms with Gasteiger partial charge in [0.2, 0.25) is 5.91 Å². The summed E-state index contributed by atoms with van der Waals surface area (Å²) in [6, 6.07) is 0. The Morgan fingerprint density at radius 3 is 0.950 bits per heavy atom. The first-order chi connectivity index (χ1) is 18.6. The zero-order valence-corrected chi connectivity index (χ0v) is 23.3. The molecular weight excluding hydrogens is 548 g/mol. The van der Waals surface area contributed by atoms with Gasteiger partial charge in [-0.3, -0.25) is 4.79 Å². The van der Waals surface area contributed by atoms with Gasteiger partial charge in [-0.25, -0.2) is 9.59 Å². The number of rotatable bonds is 21. The highest BCUT2D eigenvalue weighted by atomic mass is 19.4. The smallest absolute Gasteiger partial charge is 0.475 e. The van der Waals surface area contributed by atoms with Gasteiger partial charge in [0.05, 0.1) is 0 Å². The summed E-state index contributed by atoms with van der Waals surface area (Å²) in [4.78, 5) is 29.2. The number of hydrogen-bond acceptors (Lipinski definition) is 5. The van der Waals surface area contributed by atoms with E-state index >= 15 is 0 Å². The topological polar surface area (TPSA) is 170 Å². The molecule has 0 spiro atoms. The zero-order chi connectivity index (χ0) is 31.5. The van der Waals surface area contributed by atoms with Crippen molar-refractivity contribution in [2.45, 2.75) is 128 Å². The second-order valence-electron chi connectivity index (χ2n) is 9.52. The van der Waals surface area contributed by atoms with E-state index in [1.807, 2.05) is 0 Å². The average Bonchev–Trinajstić information content (AvgIpc) is 2.85. The number of primary amides is 1. The van der Waals surface area contributed by atoms with E-state index in [-0.39, 0.29) is 11.8 Å². The van der Waals surface area contributed by atoms with Crippen LogP contribution in [0.25, 0.3) is 0 Å². The van der Waals surface area contributed by atoms with Crippen LogP contribution in [0.5, 0.6) is 0 Å². The highest BCUT2D eigenvalue weighted by Crippen LogP contribution is 2.18. The van der Waals surface area contributed by atoms with Crippen LogP contribution in [-0.4, -0.2) is 53.5 Å². The van der Waals surface area contributed by atoms with Crippen LogP contribution in [0.1, 0.15) is 116 Å². The molecule has 0 aliphatic heterocycles. The Morgan fingerprint density at radius 2 is 0.725 bits per heavy atom. The summed E-state index contributed by atoms with van der Waals surface area (Å²) >= 11 is 0. The number of unbranched alkanes of at least 4 members (excludes halogenated alkanes) is 14. The molecule has 0 radical (unpaired) electrons. The monoisotopic (exact) mass is 597 g/mol. The summed E-state index contributed by atoms with van der Waals surface area (Å²) in [6.45, 7) is 1.50. The van der Waals surface area contributed by atoms with Gasteiger partial charge in [-0.15, -0.1) is 0 Å². The van der Waals surface area contributed by atoms with E-state index in [4.69, 9.17) is 37.0 Å². The van der Waals surface area contributed by atoms with Crippen LogP contribution in [0.4, 0.5) is 26.3 Å². The standard InChI is InChI=1S/C22H47N3O.2C2HF3O2/c23-19-15-13-11-9-7-5-3-1-2-4-6-8-10-12-14-17-21(22(25)26)18-16-20-24;2*3-2(4,5)1(6)7/h21H,1-20,23-24H2,(H2,25,26);2*(H,6,7). The Bertz CT molecular complexity index is 611. The van der Waals surface area contributed by atoms with Gasteiger partial charge in [0.15, 0.2) is 0 Å². The molecule has 0 aromatic rings. The molecule has 1 unspecified atom stereocenters. The summed E-state index contributed by atoms with van der Waals surface area (Å²) in [6.07, 6.45) is 12.6. The Morgan fingerprint density at radius 1 is 0.500 bits per heavy atom. The largest absolute Gasteiger partial charge is 0.490 e. The van der Waals surface area contributed by atoms with Crippen molar-refractivity contribution in [3.05, 3.63) is 0 Å². The molecule has 40 heavy (non-hydrogen) atoms. The third kappa shape index (κ3) is 33.9. The maximum atomic E-state index is 11.4. The molecule has 0 aliphatic rings. The number of hydrogen-bond donors (Lipinski definition) is 5. The molecule has 0 saturated heterocycles. The molecule has 0 saturated carbocycles. The van der Waals surface area contributed by atoms with Crippen molar-refractivity contribution in [2.75, 3.05) is 13.1 Å². The van der Waals surface area contributed by atoms with Crippen molar-refractivity contribution in [2.24, 2.45) is 23.1 Å². The van der Waals surface area contributed by atoms with Gasteiger partial charge in [0.25, 0.3) is 0 Å². The van der Waals surface area contributed by atoms with Gasteiger partial charge < -0.3 is 27.4 Å².